The number of anilines is 1. The van der Waals surface area contributed by atoms with Gasteiger partial charge in [0.25, 0.3) is 6.02 Å². The van der Waals surface area contributed by atoms with E-state index in [0.717, 1.165) is 38.5 Å². The summed E-state index contributed by atoms with van der Waals surface area (Å²) in [6, 6.07) is 4.45. The molecule has 0 radical (unpaired) electrons. The highest BCUT2D eigenvalue weighted by atomic mass is 19.2. The summed E-state index contributed by atoms with van der Waals surface area (Å²) in [6.07, 6.45) is 3.82. The van der Waals surface area contributed by atoms with Crippen molar-refractivity contribution in [3.63, 3.8) is 0 Å². The van der Waals surface area contributed by atoms with E-state index in [-0.39, 0.29) is 5.60 Å². The lowest BCUT2D eigenvalue weighted by atomic mass is 9.75. The van der Waals surface area contributed by atoms with Gasteiger partial charge in [-0.05, 0) is 49.5 Å². The van der Waals surface area contributed by atoms with Crippen LogP contribution in [0.2, 0.25) is 0 Å². The van der Waals surface area contributed by atoms with E-state index >= 15 is 0 Å². The van der Waals surface area contributed by atoms with Crippen LogP contribution < -0.4 is 5.32 Å². The van der Waals surface area contributed by atoms with Crippen molar-refractivity contribution in [3.05, 3.63) is 36.0 Å². The van der Waals surface area contributed by atoms with E-state index in [2.05, 4.69) is 20.2 Å². The fourth-order valence-corrected chi connectivity index (χ4v) is 4.26. The van der Waals surface area contributed by atoms with Crippen LogP contribution in [-0.4, -0.2) is 47.7 Å². The molecule has 4 aliphatic rings. The maximum atomic E-state index is 13.4. The third-order valence-corrected chi connectivity index (χ3v) is 5.61. The lowest BCUT2D eigenvalue weighted by Gasteiger charge is -2.50. The Hall–Kier alpha value is -2.28. The van der Waals surface area contributed by atoms with Crippen molar-refractivity contribution in [2.45, 2.75) is 18.4 Å². The molecule has 1 spiro atoms. The van der Waals surface area contributed by atoms with Gasteiger partial charge in [-0.2, -0.15) is 0 Å². The zero-order valence-corrected chi connectivity index (χ0v) is 13.6. The second-order valence-electron chi connectivity index (χ2n) is 7.15. The van der Waals surface area contributed by atoms with Gasteiger partial charge in [-0.15, -0.1) is 0 Å². The minimum atomic E-state index is -0.872. The Bertz CT molecular complexity index is 879. The van der Waals surface area contributed by atoms with Crippen molar-refractivity contribution in [1.29, 1.82) is 0 Å². The van der Waals surface area contributed by atoms with E-state index in [1.54, 1.807) is 6.07 Å². The SMILES string of the molecule is Fc1cc2cnc(NC3=NC[C@@]4(CN5CCC4CC5)O3)cc2cc1F. The van der Waals surface area contributed by atoms with Crippen molar-refractivity contribution in [2.75, 3.05) is 31.5 Å². The summed E-state index contributed by atoms with van der Waals surface area (Å²) < 4.78 is 32.9. The van der Waals surface area contributed by atoms with Gasteiger partial charge in [0.05, 0.1) is 6.54 Å². The number of ether oxygens (including phenoxy) is 1. The van der Waals surface area contributed by atoms with Crippen molar-refractivity contribution >= 4 is 22.6 Å². The second kappa shape index (κ2) is 5.36. The van der Waals surface area contributed by atoms with E-state index in [1.165, 1.54) is 12.3 Å². The molecule has 7 heteroatoms. The number of rotatable bonds is 1. The van der Waals surface area contributed by atoms with Crippen LogP contribution in [0.4, 0.5) is 14.6 Å². The number of amidine groups is 1. The molecular formula is C18H18F2N4O. The number of aromatic nitrogens is 1. The molecule has 5 heterocycles. The van der Waals surface area contributed by atoms with E-state index in [9.17, 15) is 8.78 Å². The predicted molar refractivity (Wildman–Crippen MR) is 90.6 cm³/mol. The maximum Gasteiger partial charge on any atom is 0.291 e. The quantitative estimate of drug-likeness (QED) is 0.864. The van der Waals surface area contributed by atoms with Crippen LogP contribution in [0.25, 0.3) is 10.8 Å². The van der Waals surface area contributed by atoms with Gasteiger partial charge in [-0.3, -0.25) is 10.2 Å². The molecule has 0 saturated carbocycles. The zero-order chi connectivity index (χ0) is 17.0. The number of nitrogens with one attached hydrogen (secondary N) is 1. The highest BCUT2D eigenvalue weighted by molar-refractivity contribution is 5.92. The normalized spacial score (nSPS) is 30.6. The Balaban J connectivity index is 1.36. The summed E-state index contributed by atoms with van der Waals surface area (Å²) in [4.78, 5) is 11.2. The molecule has 3 fully saturated rings. The molecule has 1 atom stereocenters. The number of hydrogen-bond donors (Lipinski definition) is 1. The molecule has 2 aromatic rings. The van der Waals surface area contributed by atoms with Crippen molar-refractivity contribution < 1.29 is 13.5 Å². The second-order valence-corrected chi connectivity index (χ2v) is 7.15. The Morgan fingerprint density at radius 1 is 1.12 bits per heavy atom. The standard InChI is InChI=1S/C18H18F2N4O/c19-14-5-11-7-16(21-8-12(11)6-15(14)20)23-17-22-9-18(25-17)10-24-3-1-13(18)2-4-24/h5-8,13H,1-4,9-10H2,(H,21,22,23)/t18-/m0/s1. The van der Waals surface area contributed by atoms with Crippen LogP contribution in [0.1, 0.15) is 12.8 Å². The van der Waals surface area contributed by atoms with Gasteiger partial charge in [-0.25, -0.2) is 18.8 Å². The van der Waals surface area contributed by atoms with Gasteiger partial charge >= 0.3 is 0 Å². The number of hydrogen-bond acceptors (Lipinski definition) is 5. The first-order valence-electron chi connectivity index (χ1n) is 8.59. The molecule has 3 saturated heterocycles. The van der Waals surface area contributed by atoms with Crippen molar-refractivity contribution in [1.82, 2.24) is 9.88 Å². The summed E-state index contributed by atoms with van der Waals surface area (Å²) in [6.45, 7) is 3.87. The summed E-state index contributed by atoms with van der Waals surface area (Å²) in [5, 5.41) is 4.21. The molecule has 1 N–H and O–H groups in total. The number of aliphatic imine (C=N–C) groups is 1. The van der Waals surface area contributed by atoms with Gasteiger partial charge in [0.1, 0.15) is 11.4 Å². The fourth-order valence-electron chi connectivity index (χ4n) is 4.26. The summed E-state index contributed by atoms with van der Waals surface area (Å²) in [5.74, 6) is -0.689. The first kappa shape index (κ1) is 15.0. The number of halogens is 2. The molecule has 6 rings (SSSR count). The molecule has 4 aliphatic heterocycles. The van der Waals surface area contributed by atoms with E-state index in [4.69, 9.17) is 4.74 Å². The molecule has 0 amide bonds. The van der Waals surface area contributed by atoms with Gasteiger partial charge in [0, 0.05) is 24.0 Å². The average molecular weight is 344 g/mol. The highest BCUT2D eigenvalue weighted by Crippen LogP contribution is 2.40. The van der Waals surface area contributed by atoms with Crippen LogP contribution in [0.5, 0.6) is 0 Å². The first-order chi connectivity index (χ1) is 12.1. The van der Waals surface area contributed by atoms with Crippen LogP contribution >= 0.6 is 0 Å². The van der Waals surface area contributed by atoms with Crippen LogP contribution in [-0.2, 0) is 4.74 Å². The molecule has 1 aromatic carbocycles. The molecular weight excluding hydrogens is 326 g/mol. The smallest absolute Gasteiger partial charge is 0.291 e. The lowest BCUT2D eigenvalue weighted by Crippen LogP contribution is -2.61. The fraction of sp³-hybridized carbons (Fsp3) is 0.444. The monoisotopic (exact) mass is 344 g/mol. The van der Waals surface area contributed by atoms with E-state index in [1.807, 2.05) is 0 Å². The Morgan fingerprint density at radius 2 is 1.88 bits per heavy atom. The first-order valence-corrected chi connectivity index (χ1v) is 8.59. The average Bonchev–Trinajstić information content (AvgIpc) is 2.99. The molecule has 130 valence electrons. The van der Waals surface area contributed by atoms with Crippen molar-refractivity contribution in [3.8, 4) is 0 Å². The van der Waals surface area contributed by atoms with Crippen molar-refractivity contribution in [2.24, 2.45) is 10.9 Å². The minimum Gasteiger partial charge on any atom is -0.455 e. The number of nitrogens with zero attached hydrogens (tertiary/aromatic N) is 3. The number of benzene rings is 1. The van der Waals surface area contributed by atoms with E-state index < -0.39 is 11.6 Å². The third kappa shape index (κ3) is 2.45. The summed E-state index contributed by atoms with van der Waals surface area (Å²) >= 11 is 0. The zero-order valence-electron chi connectivity index (χ0n) is 13.6. The largest absolute Gasteiger partial charge is 0.455 e. The van der Waals surface area contributed by atoms with Gasteiger partial charge in [-0.1, -0.05) is 0 Å². The summed E-state index contributed by atoms with van der Waals surface area (Å²) in [7, 11) is 0. The van der Waals surface area contributed by atoms with Crippen LogP contribution in [0.15, 0.2) is 29.4 Å². The maximum absolute atomic E-state index is 13.4. The Labute approximate surface area is 143 Å². The number of fused-ring (bicyclic) bond motifs is 3. The topological polar surface area (TPSA) is 49.8 Å². The molecule has 25 heavy (non-hydrogen) atoms. The summed E-state index contributed by atoms with van der Waals surface area (Å²) in [5.41, 5.74) is -0.217. The predicted octanol–water partition coefficient (Wildman–Crippen LogP) is 2.78. The number of pyridine rings is 1. The van der Waals surface area contributed by atoms with Gasteiger partial charge in [0.15, 0.2) is 11.6 Å². The molecule has 0 unspecified atom stereocenters. The molecule has 1 aromatic heterocycles. The molecule has 5 nitrogen and oxygen atoms in total. The molecule has 2 bridgehead atoms. The van der Waals surface area contributed by atoms with Crippen LogP contribution in [0.3, 0.4) is 0 Å². The Kier molecular flexibility index (Phi) is 3.22. The third-order valence-electron chi connectivity index (χ3n) is 5.61. The Morgan fingerprint density at radius 3 is 2.60 bits per heavy atom. The van der Waals surface area contributed by atoms with Gasteiger partial charge < -0.3 is 4.74 Å². The number of piperidine rings is 3. The van der Waals surface area contributed by atoms with Crippen LogP contribution in [0, 0.1) is 17.6 Å². The lowest BCUT2D eigenvalue weighted by molar-refractivity contribution is -0.0829. The minimum absolute atomic E-state index is 0.217. The van der Waals surface area contributed by atoms with Gasteiger partial charge in [0.2, 0.25) is 0 Å². The molecule has 0 aliphatic carbocycles. The highest BCUT2D eigenvalue weighted by Gasteiger charge is 2.51. The van der Waals surface area contributed by atoms with E-state index in [0.29, 0.717) is 35.1 Å².